The van der Waals surface area contributed by atoms with Gasteiger partial charge in [0, 0.05) is 13.1 Å². The topological polar surface area (TPSA) is 74.9 Å². The van der Waals surface area contributed by atoms with Crippen LogP contribution in [0.3, 0.4) is 0 Å². The summed E-state index contributed by atoms with van der Waals surface area (Å²) in [6, 6.07) is 7.83. The van der Waals surface area contributed by atoms with Crippen molar-refractivity contribution in [2.75, 3.05) is 13.1 Å². The second-order valence-electron chi connectivity index (χ2n) is 8.73. The van der Waals surface area contributed by atoms with E-state index in [1.807, 2.05) is 18.7 Å². The predicted octanol–water partition coefficient (Wildman–Crippen LogP) is 5.04. The normalized spacial score (nSPS) is 19.2. The lowest BCUT2D eigenvalue weighted by molar-refractivity contribution is -0.119. The second-order valence-corrected chi connectivity index (χ2v) is 10.2. The van der Waals surface area contributed by atoms with Crippen LogP contribution in [0.4, 0.5) is 4.39 Å². The third kappa shape index (κ3) is 6.00. The highest BCUT2D eigenvalue weighted by Crippen LogP contribution is 2.37. The Morgan fingerprint density at radius 1 is 1.25 bits per heavy atom. The first-order valence-electron chi connectivity index (χ1n) is 10.8. The van der Waals surface area contributed by atoms with Crippen molar-refractivity contribution in [2.24, 2.45) is 10.9 Å². The summed E-state index contributed by atoms with van der Waals surface area (Å²) >= 11 is 1.42. The second kappa shape index (κ2) is 10.3. The van der Waals surface area contributed by atoms with Crippen molar-refractivity contribution in [2.45, 2.75) is 51.3 Å². The smallest absolute Gasteiger partial charge is 0.264 e. The minimum Gasteiger partial charge on any atom is -0.472 e. The monoisotopic (exact) mass is 459 g/mol. The number of hydrogen-bond acceptors (Lipinski definition) is 5. The molecule has 0 spiro atoms. The summed E-state index contributed by atoms with van der Waals surface area (Å²) in [7, 11) is 0. The van der Waals surface area contributed by atoms with E-state index in [4.69, 9.17) is 4.42 Å². The number of nitrogens with one attached hydrogen (secondary N) is 1. The number of amides is 2. The molecular weight excluding hydrogens is 429 g/mol. The molecule has 0 bridgehead atoms. The number of nitrogens with zero attached hydrogens (tertiary/aromatic N) is 2. The van der Waals surface area contributed by atoms with E-state index in [0.717, 1.165) is 5.56 Å². The summed E-state index contributed by atoms with van der Waals surface area (Å²) < 4.78 is 17.5. The lowest BCUT2D eigenvalue weighted by atomic mass is 10.0. The van der Waals surface area contributed by atoms with Gasteiger partial charge in [-0.05, 0) is 56.4 Å². The molecule has 1 aliphatic rings. The lowest BCUT2D eigenvalue weighted by Crippen LogP contribution is -2.36. The molecule has 6 nitrogen and oxygen atoms in total. The van der Waals surface area contributed by atoms with E-state index in [1.165, 1.54) is 36.4 Å². The molecule has 1 aliphatic heterocycles. The van der Waals surface area contributed by atoms with E-state index in [1.54, 1.807) is 18.2 Å². The summed E-state index contributed by atoms with van der Waals surface area (Å²) in [5.74, 6) is -0.187. The molecule has 0 saturated heterocycles. The Hall–Kier alpha value is -2.61. The van der Waals surface area contributed by atoms with Gasteiger partial charge in [-0.2, -0.15) is 4.99 Å². The van der Waals surface area contributed by atoms with E-state index in [2.05, 4.69) is 24.2 Å². The van der Waals surface area contributed by atoms with Crippen molar-refractivity contribution in [3.63, 3.8) is 0 Å². The number of carbonyl (C=O) groups excluding carboxylic acids is 2. The number of benzene rings is 1. The Bertz CT molecular complexity index is 959. The van der Waals surface area contributed by atoms with Crippen molar-refractivity contribution in [1.29, 1.82) is 0 Å². The van der Waals surface area contributed by atoms with Crippen LogP contribution in [0.2, 0.25) is 0 Å². The molecule has 172 valence electrons. The molecule has 1 aromatic carbocycles. The van der Waals surface area contributed by atoms with Crippen LogP contribution in [0.1, 0.15) is 62.5 Å². The van der Waals surface area contributed by atoms with Crippen LogP contribution < -0.4 is 5.32 Å². The number of aliphatic imine (C=N–C) groups is 1. The molecule has 8 heteroatoms. The van der Waals surface area contributed by atoms with Gasteiger partial charge in [-0.15, -0.1) is 0 Å². The van der Waals surface area contributed by atoms with Gasteiger partial charge in [0.2, 0.25) is 0 Å². The SMILES string of the molecule is CC(C)CN(CCCC1(C)SC(N[C@@H](C)c2ccc(F)cc2)=NC1=O)C(=O)c1ccoc1. The van der Waals surface area contributed by atoms with E-state index in [9.17, 15) is 14.0 Å². The largest absolute Gasteiger partial charge is 0.472 e. The van der Waals surface area contributed by atoms with Gasteiger partial charge in [-0.1, -0.05) is 37.7 Å². The van der Waals surface area contributed by atoms with Crippen molar-refractivity contribution in [3.8, 4) is 0 Å². The molecule has 2 atom stereocenters. The molecule has 2 amide bonds. The number of hydrogen-bond donors (Lipinski definition) is 1. The molecular formula is C24H30FN3O3S. The van der Waals surface area contributed by atoms with Crippen LogP contribution in [-0.2, 0) is 4.79 Å². The van der Waals surface area contributed by atoms with Gasteiger partial charge in [0.15, 0.2) is 5.17 Å². The Morgan fingerprint density at radius 3 is 2.59 bits per heavy atom. The molecule has 3 rings (SSSR count). The first-order valence-corrected chi connectivity index (χ1v) is 11.6. The van der Waals surface area contributed by atoms with Crippen molar-refractivity contribution in [1.82, 2.24) is 10.2 Å². The Balaban J connectivity index is 1.55. The van der Waals surface area contributed by atoms with E-state index < -0.39 is 4.75 Å². The van der Waals surface area contributed by atoms with Gasteiger partial charge < -0.3 is 14.6 Å². The first kappa shape index (κ1) is 24.0. The van der Waals surface area contributed by atoms with Gasteiger partial charge in [-0.3, -0.25) is 9.59 Å². The minimum absolute atomic E-state index is 0.0604. The number of carbonyl (C=O) groups is 2. The molecule has 0 fully saturated rings. The molecule has 32 heavy (non-hydrogen) atoms. The fourth-order valence-electron chi connectivity index (χ4n) is 3.62. The van der Waals surface area contributed by atoms with Crippen LogP contribution in [0.5, 0.6) is 0 Å². The quantitative estimate of drug-likeness (QED) is 0.569. The molecule has 1 aromatic heterocycles. The van der Waals surface area contributed by atoms with E-state index >= 15 is 0 Å². The molecule has 2 heterocycles. The third-order valence-corrected chi connectivity index (χ3v) is 6.64. The highest BCUT2D eigenvalue weighted by atomic mass is 32.2. The first-order chi connectivity index (χ1) is 15.2. The van der Waals surface area contributed by atoms with Gasteiger partial charge in [0.25, 0.3) is 11.8 Å². The number of thioether (sulfide) groups is 1. The maximum absolute atomic E-state index is 13.2. The third-order valence-electron chi connectivity index (χ3n) is 5.41. The fourth-order valence-corrected chi connectivity index (χ4v) is 4.79. The number of furan rings is 1. The molecule has 0 radical (unpaired) electrons. The zero-order valence-corrected chi connectivity index (χ0v) is 19.7. The molecule has 2 aromatic rings. The van der Waals surface area contributed by atoms with Crippen LogP contribution in [0, 0.1) is 11.7 Å². The Morgan fingerprint density at radius 2 is 1.97 bits per heavy atom. The number of amidine groups is 1. The maximum atomic E-state index is 13.2. The van der Waals surface area contributed by atoms with Crippen molar-refractivity contribution < 1.29 is 18.4 Å². The van der Waals surface area contributed by atoms with Crippen LogP contribution in [0.15, 0.2) is 52.3 Å². The van der Waals surface area contributed by atoms with Gasteiger partial charge >= 0.3 is 0 Å². The highest BCUT2D eigenvalue weighted by molar-refractivity contribution is 8.16. The summed E-state index contributed by atoms with van der Waals surface area (Å²) in [5.41, 5.74) is 1.45. The lowest BCUT2D eigenvalue weighted by Gasteiger charge is -2.26. The number of rotatable bonds is 9. The summed E-state index contributed by atoms with van der Waals surface area (Å²) in [4.78, 5) is 31.5. The van der Waals surface area contributed by atoms with Gasteiger partial charge in [-0.25, -0.2) is 4.39 Å². The van der Waals surface area contributed by atoms with Crippen LogP contribution >= 0.6 is 11.8 Å². The Kier molecular flexibility index (Phi) is 7.77. The molecule has 1 unspecified atom stereocenters. The fraction of sp³-hybridized carbons (Fsp3) is 0.458. The number of halogens is 1. The zero-order chi connectivity index (χ0) is 23.3. The van der Waals surface area contributed by atoms with Crippen LogP contribution in [0.25, 0.3) is 0 Å². The average molecular weight is 460 g/mol. The van der Waals surface area contributed by atoms with E-state index in [-0.39, 0.29) is 23.7 Å². The standard InChI is InChI=1S/C24H30FN3O3S/c1-16(2)14-28(21(29)19-10-13-31-15-19)12-5-11-24(4)22(30)27-23(32-24)26-17(3)18-6-8-20(25)9-7-18/h6-10,13,15-17H,5,11-12,14H2,1-4H3,(H,26,27,30)/t17-,24?/m0/s1. The van der Waals surface area contributed by atoms with Crippen LogP contribution in [-0.4, -0.2) is 39.7 Å². The van der Waals surface area contributed by atoms with Crippen molar-refractivity contribution in [3.05, 3.63) is 59.8 Å². The van der Waals surface area contributed by atoms with E-state index in [0.29, 0.717) is 42.6 Å². The summed E-state index contributed by atoms with van der Waals surface area (Å²) in [6.07, 6.45) is 4.24. The van der Waals surface area contributed by atoms with Gasteiger partial charge in [0.1, 0.15) is 16.8 Å². The van der Waals surface area contributed by atoms with Gasteiger partial charge in [0.05, 0.1) is 17.9 Å². The highest BCUT2D eigenvalue weighted by Gasteiger charge is 2.41. The summed E-state index contributed by atoms with van der Waals surface area (Å²) in [6.45, 7) is 9.18. The maximum Gasteiger partial charge on any atom is 0.264 e. The molecule has 1 N–H and O–H groups in total. The average Bonchev–Trinajstić information content (AvgIpc) is 3.35. The summed E-state index contributed by atoms with van der Waals surface area (Å²) in [5, 5.41) is 3.83. The van der Waals surface area contributed by atoms with Crippen molar-refractivity contribution >= 4 is 28.7 Å². The minimum atomic E-state index is -0.674. The molecule has 0 aliphatic carbocycles. The Labute approximate surface area is 192 Å². The molecule has 0 saturated carbocycles. The predicted molar refractivity (Wildman–Crippen MR) is 125 cm³/mol. The zero-order valence-electron chi connectivity index (χ0n) is 18.9.